The average Bonchev–Trinajstić information content (AvgIpc) is 3.17. The second kappa shape index (κ2) is 8.00. The summed E-state index contributed by atoms with van der Waals surface area (Å²) in [6, 6.07) is 2.13. The van der Waals surface area contributed by atoms with Gasteiger partial charge in [-0.05, 0) is 40.8 Å². The summed E-state index contributed by atoms with van der Waals surface area (Å²) in [4.78, 5) is 7.70. The zero-order chi connectivity index (χ0) is 14.4. The summed E-state index contributed by atoms with van der Waals surface area (Å²) in [5.74, 6) is 1.74. The summed E-state index contributed by atoms with van der Waals surface area (Å²) in [6.07, 6.45) is 2.69. The van der Waals surface area contributed by atoms with Crippen molar-refractivity contribution in [1.82, 2.24) is 10.2 Å². The summed E-state index contributed by atoms with van der Waals surface area (Å²) in [5, 5.41) is 5.46. The average molecular weight is 360 g/mol. The molecule has 4 nitrogen and oxygen atoms in total. The molecule has 0 aromatic carbocycles. The van der Waals surface area contributed by atoms with Crippen LogP contribution in [0.2, 0.25) is 0 Å². The largest absolute Gasteiger partial charge is 0.379 e. The molecule has 0 unspecified atom stereocenters. The number of guanidine groups is 1. The zero-order valence-corrected chi connectivity index (χ0v) is 14.5. The van der Waals surface area contributed by atoms with E-state index in [0.717, 1.165) is 42.7 Å². The molecular weight excluding hydrogens is 338 g/mol. The van der Waals surface area contributed by atoms with Gasteiger partial charge >= 0.3 is 0 Å². The molecule has 1 aromatic rings. The number of hydrogen-bond acceptors (Lipinski definition) is 3. The van der Waals surface area contributed by atoms with Crippen LogP contribution in [0.25, 0.3) is 0 Å². The van der Waals surface area contributed by atoms with Crippen LogP contribution in [0.3, 0.4) is 0 Å². The van der Waals surface area contributed by atoms with Crippen LogP contribution in [-0.2, 0) is 11.3 Å². The standard InChI is InChI=1S/C14H22BrN3OS/c1-16-14(17-8-13-7-12(15)10-20-13)18(2)5-6-19-9-11-3-4-11/h7,10-11H,3-6,8-9H2,1-2H3,(H,16,17). The Labute approximate surface area is 133 Å². The van der Waals surface area contributed by atoms with Crippen molar-refractivity contribution in [3.8, 4) is 0 Å². The van der Waals surface area contributed by atoms with Gasteiger partial charge in [-0.1, -0.05) is 0 Å². The Balaban J connectivity index is 1.66. The fourth-order valence-electron chi connectivity index (χ4n) is 1.84. The molecule has 1 N–H and O–H groups in total. The fourth-order valence-corrected chi connectivity index (χ4v) is 3.23. The van der Waals surface area contributed by atoms with E-state index in [0.29, 0.717) is 0 Å². The molecule has 1 aliphatic carbocycles. The Morgan fingerprint density at radius 2 is 2.40 bits per heavy atom. The minimum absolute atomic E-state index is 0.762. The minimum atomic E-state index is 0.762. The minimum Gasteiger partial charge on any atom is -0.379 e. The number of ether oxygens (including phenoxy) is 1. The molecule has 1 aliphatic rings. The Morgan fingerprint density at radius 3 is 3.00 bits per heavy atom. The quantitative estimate of drug-likeness (QED) is 0.462. The van der Waals surface area contributed by atoms with Crippen LogP contribution in [0.1, 0.15) is 17.7 Å². The summed E-state index contributed by atoms with van der Waals surface area (Å²) in [7, 11) is 3.86. The lowest BCUT2D eigenvalue weighted by atomic mass is 10.4. The van der Waals surface area contributed by atoms with Crippen LogP contribution in [0.4, 0.5) is 0 Å². The highest BCUT2D eigenvalue weighted by molar-refractivity contribution is 9.10. The lowest BCUT2D eigenvalue weighted by Crippen LogP contribution is -2.40. The van der Waals surface area contributed by atoms with Crippen molar-refractivity contribution in [3.63, 3.8) is 0 Å². The molecule has 0 bridgehead atoms. The van der Waals surface area contributed by atoms with Gasteiger partial charge in [-0.25, -0.2) is 0 Å². The van der Waals surface area contributed by atoms with Gasteiger partial charge in [0.25, 0.3) is 0 Å². The van der Waals surface area contributed by atoms with Crippen LogP contribution >= 0.6 is 27.3 Å². The van der Waals surface area contributed by atoms with E-state index in [2.05, 4.69) is 42.6 Å². The number of aliphatic imine (C=N–C) groups is 1. The highest BCUT2D eigenvalue weighted by Gasteiger charge is 2.21. The predicted molar refractivity (Wildman–Crippen MR) is 88.4 cm³/mol. The molecule has 1 saturated carbocycles. The maximum absolute atomic E-state index is 5.66. The lowest BCUT2D eigenvalue weighted by molar-refractivity contribution is 0.115. The van der Waals surface area contributed by atoms with Crippen molar-refractivity contribution >= 4 is 33.2 Å². The van der Waals surface area contributed by atoms with Crippen LogP contribution in [-0.4, -0.2) is 44.7 Å². The number of nitrogens with zero attached hydrogens (tertiary/aromatic N) is 2. The molecule has 1 aromatic heterocycles. The van der Waals surface area contributed by atoms with E-state index >= 15 is 0 Å². The smallest absolute Gasteiger partial charge is 0.193 e. The Morgan fingerprint density at radius 1 is 1.60 bits per heavy atom. The number of thiophene rings is 1. The van der Waals surface area contributed by atoms with Gasteiger partial charge < -0.3 is 15.0 Å². The van der Waals surface area contributed by atoms with E-state index in [-0.39, 0.29) is 0 Å². The van der Waals surface area contributed by atoms with E-state index in [9.17, 15) is 0 Å². The maximum Gasteiger partial charge on any atom is 0.193 e. The summed E-state index contributed by atoms with van der Waals surface area (Å²) in [6.45, 7) is 3.35. The van der Waals surface area contributed by atoms with Gasteiger partial charge in [-0.2, -0.15) is 0 Å². The summed E-state index contributed by atoms with van der Waals surface area (Å²) >= 11 is 5.21. The molecule has 1 fully saturated rings. The second-order valence-electron chi connectivity index (χ2n) is 5.07. The third-order valence-corrected chi connectivity index (χ3v) is 4.93. The van der Waals surface area contributed by atoms with E-state index in [4.69, 9.17) is 4.74 Å². The highest BCUT2D eigenvalue weighted by atomic mass is 79.9. The van der Waals surface area contributed by atoms with Crippen LogP contribution in [0.5, 0.6) is 0 Å². The van der Waals surface area contributed by atoms with Crippen LogP contribution in [0, 0.1) is 5.92 Å². The maximum atomic E-state index is 5.66. The number of hydrogen-bond donors (Lipinski definition) is 1. The zero-order valence-electron chi connectivity index (χ0n) is 12.1. The first kappa shape index (κ1) is 15.8. The van der Waals surface area contributed by atoms with E-state index in [1.54, 1.807) is 11.3 Å². The van der Waals surface area contributed by atoms with Gasteiger partial charge in [-0.3, -0.25) is 4.99 Å². The van der Waals surface area contributed by atoms with E-state index < -0.39 is 0 Å². The Bertz CT molecular complexity index is 445. The third kappa shape index (κ3) is 5.42. The van der Waals surface area contributed by atoms with Gasteiger partial charge in [-0.15, -0.1) is 11.3 Å². The summed E-state index contributed by atoms with van der Waals surface area (Å²) in [5.41, 5.74) is 0. The first-order valence-corrected chi connectivity index (χ1v) is 8.58. The van der Waals surface area contributed by atoms with Gasteiger partial charge in [0.2, 0.25) is 0 Å². The third-order valence-electron chi connectivity index (χ3n) is 3.24. The molecular formula is C14H22BrN3OS. The number of likely N-dealkylation sites (N-methyl/N-ethyl adjacent to an activating group) is 1. The van der Waals surface area contributed by atoms with Crippen molar-refractivity contribution in [2.45, 2.75) is 19.4 Å². The van der Waals surface area contributed by atoms with Crippen molar-refractivity contribution in [3.05, 3.63) is 20.8 Å². The highest BCUT2D eigenvalue weighted by Crippen LogP contribution is 2.28. The molecule has 2 rings (SSSR count). The molecule has 6 heteroatoms. The van der Waals surface area contributed by atoms with Crippen LogP contribution < -0.4 is 5.32 Å². The first-order chi connectivity index (χ1) is 9.69. The van der Waals surface area contributed by atoms with Crippen molar-refractivity contribution < 1.29 is 4.74 Å². The van der Waals surface area contributed by atoms with E-state index in [1.807, 2.05) is 14.1 Å². The topological polar surface area (TPSA) is 36.9 Å². The monoisotopic (exact) mass is 359 g/mol. The molecule has 0 saturated heterocycles. The predicted octanol–water partition coefficient (Wildman–Crippen LogP) is 2.94. The van der Waals surface area contributed by atoms with Crippen molar-refractivity contribution in [2.75, 3.05) is 33.9 Å². The molecule has 0 radical (unpaired) electrons. The first-order valence-electron chi connectivity index (χ1n) is 6.91. The molecule has 20 heavy (non-hydrogen) atoms. The lowest BCUT2D eigenvalue weighted by Gasteiger charge is -2.21. The molecule has 0 aliphatic heterocycles. The fraction of sp³-hybridized carbons (Fsp3) is 0.643. The van der Waals surface area contributed by atoms with Crippen LogP contribution in [0.15, 0.2) is 20.9 Å². The van der Waals surface area contributed by atoms with Gasteiger partial charge in [0.15, 0.2) is 5.96 Å². The summed E-state index contributed by atoms with van der Waals surface area (Å²) < 4.78 is 6.80. The van der Waals surface area contributed by atoms with E-state index in [1.165, 1.54) is 17.7 Å². The molecule has 0 spiro atoms. The number of halogens is 1. The molecule has 1 heterocycles. The number of nitrogens with one attached hydrogen (secondary N) is 1. The van der Waals surface area contributed by atoms with Gasteiger partial charge in [0.05, 0.1) is 13.2 Å². The Kier molecular flexibility index (Phi) is 6.32. The Hall–Kier alpha value is -0.590. The number of rotatable bonds is 7. The van der Waals surface area contributed by atoms with Crippen molar-refractivity contribution in [1.29, 1.82) is 0 Å². The molecule has 112 valence electrons. The van der Waals surface area contributed by atoms with Crippen molar-refractivity contribution in [2.24, 2.45) is 10.9 Å². The molecule has 0 atom stereocenters. The SMILES string of the molecule is CN=C(NCc1cc(Br)cs1)N(C)CCOCC1CC1. The van der Waals surface area contributed by atoms with Gasteiger partial charge in [0, 0.05) is 42.0 Å². The van der Waals surface area contributed by atoms with Gasteiger partial charge in [0.1, 0.15) is 0 Å². The second-order valence-corrected chi connectivity index (χ2v) is 6.98. The normalized spacial score (nSPS) is 15.4. The molecule has 0 amide bonds.